The third kappa shape index (κ3) is 16.8. The molecule has 3 N–H and O–H groups in total. The zero-order valence-corrected chi connectivity index (χ0v) is 13.3. The Morgan fingerprint density at radius 2 is 1.29 bits per heavy atom. The van der Waals surface area contributed by atoms with Crippen LogP contribution in [-0.2, 0) is 16.8 Å². The lowest BCUT2D eigenvalue weighted by Gasteiger charge is -2.02. The first-order valence-electron chi connectivity index (χ1n) is 7.30. The molecule has 0 aliphatic heterocycles. The molecule has 0 heterocycles. The summed E-state index contributed by atoms with van der Waals surface area (Å²) in [6.45, 7) is 2.25. The van der Waals surface area contributed by atoms with Gasteiger partial charge in [0.25, 0.3) is 0 Å². The van der Waals surface area contributed by atoms with Crippen molar-refractivity contribution in [2.45, 2.75) is 58.3 Å². The number of aromatic hydroxyl groups is 1. The Morgan fingerprint density at radius 1 is 0.857 bits per heavy atom. The van der Waals surface area contributed by atoms with Gasteiger partial charge in [0.1, 0.15) is 5.75 Å². The summed E-state index contributed by atoms with van der Waals surface area (Å²) in [6.07, 6.45) is 10.6. The number of hydrogen-bond donors (Lipinski definition) is 3. The minimum absolute atomic E-state index is 0.364. The summed E-state index contributed by atoms with van der Waals surface area (Å²) in [5.74, 6) is 0.364. The van der Waals surface area contributed by atoms with Crippen molar-refractivity contribution in [3.05, 3.63) is 29.8 Å². The summed E-state index contributed by atoms with van der Waals surface area (Å²) in [7, 11) is -4.67. The Labute approximate surface area is 127 Å². The highest BCUT2D eigenvalue weighted by atomic mass is 32.3. The predicted octanol–water partition coefficient (Wildman–Crippen LogP) is 4.03. The minimum Gasteiger partial charge on any atom is -0.508 e. The van der Waals surface area contributed by atoms with Gasteiger partial charge in [0.05, 0.1) is 0 Å². The van der Waals surface area contributed by atoms with Gasteiger partial charge < -0.3 is 5.11 Å². The van der Waals surface area contributed by atoms with E-state index in [0.29, 0.717) is 5.75 Å². The van der Waals surface area contributed by atoms with Crippen LogP contribution in [0.1, 0.15) is 57.4 Å². The topological polar surface area (TPSA) is 94.8 Å². The molecule has 5 nitrogen and oxygen atoms in total. The van der Waals surface area contributed by atoms with Crippen LogP contribution in [0.2, 0.25) is 0 Å². The van der Waals surface area contributed by atoms with Crippen molar-refractivity contribution in [3.8, 4) is 5.75 Å². The van der Waals surface area contributed by atoms with Crippen LogP contribution in [0.5, 0.6) is 5.75 Å². The van der Waals surface area contributed by atoms with Crippen LogP contribution in [0.4, 0.5) is 0 Å². The highest BCUT2D eigenvalue weighted by Crippen LogP contribution is 2.13. The monoisotopic (exact) mass is 318 g/mol. The fourth-order valence-corrected chi connectivity index (χ4v) is 1.95. The molecule has 6 heteroatoms. The normalized spacial score (nSPS) is 10.8. The molecule has 122 valence electrons. The van der Waals surface area contributed by atoms with Crippen molar-refractivity contribution in [1.29, 1.82) is 0 Å². The molecular formula is C15H26O5S. The zero-order chi connectivity index (χ0) is 16.1. The highest BCUT2D eigenvalue weighted by molar-refractivity contribution is 7.79. The van der Waals surface area contributed by atoms with Crippen LogP contribution in [0, 0.1) is 0 Å². The van der Waals surface area contributed by atoms with Gasteiger partial charge in [-0.2, -0.15) is 8.42 Å². The lowest BCUT2D eigenvalue weighted by Crippen LogP contribution is -1.89. The maximum atomic E-state index is 9.15. The van der Waals surface area contributed by atoms with Crippen LogP contribution < -0.4 is 0 Å². The van der Waals surface area contributed by atoms with Gasteiger partial charge in [0.2, 0.25) is 0 Å². The molecule has 0 unspecified atom stereocenters. The van der Waals surface area contributed by atoms with Crippen LogP contribution in [-0.4, -0.2) is 22.6 Å². The van der Waals surface area contributed by atoms with Crippen LogP contribution in [0.15, 0.2) is 24.3 Å². The molecule has 0 saturated heterocycles. The van der Waals surface area contributed by atoms with Crippen LogP contribution >= 0.6 is 0 Å². The van der Waals surface area contributed by atoms with Gasteiger partial charge in [-0.1, -0.05) is 57.6 Å². The van der Waals surface area contributed by atoms with E-state index < -0.39 is 10.4 Å². The summed E-state index contributed by atoms with van der Waals surface area (Å²) in [6, 6.07) is 7.59. The maximum absolute atomic E-state index is 9.15. The van der Waals surface area contributed by atoms with Gasteiger partial charge in [0, 0.05) is 0 Å². The van der Waals surface area contributed by atoms with E-state index in [0.717, 1.165) is 6.42 Å². The number of unbranched alkanes of at least 4 members (excludes halogenated alkanes) is 6. The summed E-state index contributed by atoms with van der Waals surface area (Å²) in [5, 5.41) is 9.15. The first-order chi connectivity index (χ1) is 9.83. The van der Waals surface area contributed by atoms with E-state index >= 15 is 0 Å². The van der Waals surface area contributed by atoms with Crippen molar-refractivity contribution in [2.24, 2.45) is 0 Å². The Bertz CT molecular complexity index is 445. The van der Waals surface area contributed by atoms with Crippen LogP contribution in [0.25, 0.3) is 0 Å². The molecule has 1 aromatic rings. The average Bonchev–Trinajstić information content (AvgIpc) is 2.38. The maximum Gasteiger partial charge on any atom is 0.394 e. The molecule has 1 rings (SSSR count). The van der Waals surface area contributed by atoms with E-state index in [1.54, 1.807) is 12.1 Å². The minimum atomic E-state index is -4.67. The molecule has 0 bridgehead atoms. The van der Waals surface area contributed by atoms with Crippen molar-refractivity contribution < 1.29 is 22.6 Å². The lowest BCUT2D eigenvalue weighted by atomic mass is 10.0. The van der Waals surface area contributed by atoms with E-state index in [1.165, 1.54) is 50.5 Å². The molecule has 0 saturated carbocycles. The molecule has 21 heavy (non-hydrogen) atoms. The lowest BCUT2D eigenvalue weighted by molar-refractivity contribution is 0.381. The van der Waals surface area contributed by atoms with Gasteiger partial charge in [-0.25, -0.2) is 0 Å². The van der Waals surface area contributed by atoms with Gasteiger partial charge >= 0.3 is 10.4 Å². The van der Waals surface area contributed by atoms with E-state index in [-0.39, 0.29) is 0 Å². The molecule has 0 aliphatic carbocycles. The fraction of sp³-hybridized carbons (Fsp3) is 0.600. The Balaban J connectivity index is 0.000000690. The second-order valence-corrected chi connectivity index (χ2v) is 5.88. The third-order valence-corrected chi connectivity index (χ3v) is 3.01. The van der Waals surface area contributed by atoms with Crippen molar-refractivity contribution >= 4 is 10.4 Å². The fourth-order valence-electron chi connectivity index (χ4n) is 1.95. The molecule has 1 aromatic carbocycles. The van der Waals surface area contributed by atoms with Gasteiger partial charge in [-0.05, 0) is 30.5 Å². The Kier molecular flexibility index (Phi) is 10.9. The Morgan fingerprint density at radius 3 is 1.76 bits per heavy atom. The number of phenols is 1. The van der Waals surface area contributed by atoms with Crippen molar-refractivity contribution in [3.63, 3.8) is 0 Å². The summed E-state index contributed by atoms with van der Waals surface area (Å²) >= 11 is 0. The molecule has 0 radical (unpaired) electrons. The predicted molar refractivity (Wildman–Crippen MR) is 84.0 cm³/mol. The smallest absolute Gasteiger partial charge is 0.394 e. The molecular weight excluding hydrogens is 292 g/mol. The summed E-state index contributed by atoms with van der Waals surface area (Å²) < 4.78 is 31.6. The van der Waals surface area contributed by atoms with Crippen molar-refractivity contribution in [1.82, 2.24) is 0 Å². The quantitative estimate of drug-likeness (QED) is 0.497. The SMILES string of the molecule is CCCCCCCCCc1ccc(O)cc1.O=S(=O)(O)O. The zero-order valence-electron chi connectivity index (χ0n) is 12.5. The van der Waals surface area contributed by atoms with E-state index in [1.807, 2.05) is 12.1 Å². The first-order valence-corrected chi connectivity index (χ1v) is 8.70. The van der Waals surface area contributed by atoms with E-state index in [9.17, 15) is 0 Å². The third-order valence-electron chi connectivity index (χ3n) is 3.01. The number of benzene rings is 1. The van der Waals surface area contributed by atoms with Gasteiger partial charge in [-0.15, -0.1) is 0 Å². The number of phenolic OH excluding ortho intramolecular Hbond substituents is 1. The molecule has 0 spiro atoms. The second-order valence-electron chi connectivity index (χ2n) is 4.99. The van der Waals surface area contributed by atoms with Gasteiger partial charge in [-0.3, -0.25) is 9.11 Å². The summed E-state index contributed by atoms with van der Waals surface area (Å²) in [4.78, 5) is 0. The molecule has 0 atom stereocenters. The van der Waals surface area contributed by atoms with Gasteiger partial charge in [0.15, 0.2) is 0 Å². The number of rotatable bonds is 8. The van der Waals surface area contributed by atoms with E-state index in [2.05, 4.69) is 6.92 Å². The molecule has 0 aliphatic rings. The largest absolute Gasteiger partial charge is 0.508 e. The summed E-state index contributed by atoms with van der Waals surface area (Å²) in [5.41, 5.74) is 1.34. The Hall–Kier alpha value is -1.11. The molecule has 0 amide bonds. The van der Waals surface area contributed by atoms with E-state index in [4.69, 9.17) is 22.6 Å². The average molecular weight is 318 g/mol. The number of aryl methyl sites for hydroxylation is 1. The van der Waals surface area contributed by atoms with Crippen LogP contribution in [0.3, 0.4) is 0 Å². The number of hydrogen-bond acceptors (Lipinski definition) is 3. The standard InChI is InChI=1S/C15H24O.H2O4S/c1-2-3-4-5-6-7-8-9-14-10-12-15(16)13-11-14;1-5(2,3)4/h10-13,16H,2-9H2,1H3;(H2,1,2,3,4). The van der Waals surface area contributed by atoms with Crippen molar-refractivity contribution in [2.75, 3.05) is 0 Å². The first kappa shape index (κ1) is 19.9. The highest BCUT2D eigenvalue weighted by Gasteiger charge is 1.94. The molecule has 0 aromatic heterocycles. The second kappa shape index (κ2) is 11.5. The molecule has 0 fully saturated rings.